The van der Waals surface area contributed by atoms with E-state index >= 15 is 0 Å². The lowest BCUT2D eigenvalue weighted by atomic mass is 10.0. The summed E-state index contributed by atoms with van der Waals surface area (Å²) in [4.78, 5) is 23.9. The van der Waals surface area contributed by atoms with Crippen LogP contribution in [0.4, 0.5) is 0 Å². The second-order valence-electron chi connectivity index (χ2n) is 6.09. The van der Waals surface area contributed by atoms with E-state index in [0.717, 1.165) is 43.2 Å². The first-order valence-electron chi connectivity index (χ1n) is 8.23. The van der Waals surface area contributed by atoms with Gasteiger partial charge in [-0.1, -0.05) is 42.5 Å². The molecule has 1 atom stereocenters. The highest BCUT2D eigenvalue weighted by Crippen LogP contribution is 2.11. The monoisotopic (exact) mass is 316 g/mol. The Morgan fingerprint density at radius 3 is 2.30 bits per heavy atom. The van der Waals surface area contributed by atoms with E-state index in [2.05, 4.69) is 11.9 Å². The van der Waals surface area contributed by atoms with Crippen LogP contribution in [0.15, 0.2) is 30.9 Å². The maximum Gasteiger partial charge on any atom is 0.251 e. The predicted molar refractivity (Wildman–Crippen MR) is 94.3 cm³/mol. The van der Waals surface area contributed by atoms with Crippen LogP contribution in [0, 0.1) is 13.8 Å². The third-order valence-electron chi connectivity index (χ3n) is 3.78. The minimum Gasteiger partial charge on any atom is -0.368 e. The number of benzene rings is 1. The quantitative estimate of drug-likeness (QED) is 0.513. The number of allylic oxidation sites excluding steroid dienone is 1. The lowest BCUT2D eigenvalue weighted by Gasteiger charge is -2.16. The molecule has 1 rings (SSSR count). The molecule has 0 saturated heterocycles. The van der Waals surface area contributed by atoms with Crippen LogP contribution in [0.1, 0.15) is 60.0 Å². The van der Waals surface area contributed by atoms with Crippen molar-refractivity contribution in [2.45, 2.75) is 58.4 Å². The second kappa shape index (κ2) is 9.82. The zero-order valence-electron chi connectivity index (χ0n) is 14.2. The molecule has 0 heterocycles. The predicted octanol–water partition coefficient (Wildman–Crippen LogP) is 3.41. The fourth-order valence-electron chi connectivity index (χ4n) is 2.62. The summed E-state index contributed by atoms with van der Waals surface area (Å²) in [7, 11) is 0. The van der Waals surface area contributed by atoms with Gasteiger partial charge in [-0.15, -0.1) is 6.58 Å². The highest BCUT2D eigenvalue weighted by molar-refractivity contribution is 5.97. The molecule has 4 heteroatoms. The van der Waals surface area contributed by atoms with Crippen molar-refractivity contribution in [2.75, 3.05) is 0 Å². The van der Waals surface area contributed by atoms with Crippen LogP contribution in [-0.2, 0) is 4.79 Å². The summed E-state index contributed by atoms with van der Waals surface area (Å²) in [5.41, 5.74) is 8.03. The number of primary amides is 1. The summed E-state index contributed by atoms with van der Waals surface area (Å²) < 4.78 is 0. The summed E-state index contributed by atoms with van der Waals surface area (Å²) in [6, 6.07) is 5.03. The van der Waals surface area contributed by atoms with Gasteiger partial charge >= 0.3 is 0 Å². The Bertz CT molecular complexity index is 532. The fourth-order valence-corrected chi connectivity index (χ4v) is 2.62. The number of nitrogens with two attached hydrogens (primary N) is 1. The third-order valence-corrected chi connectivity index (χ3v) is 3.78. The first-order chi connectivity index (χ1) is 10.9. The molecule has 3 N–H and O–H groups in total. The summed E-state index contributed by atoms with van der Waals surface area (Å²) >= 11 is 0. The van der Waals surface area contributed by atoms with Gasteiger partial charge in [0.15, 0.2) is 0 Å². The van der Waals surface area contributed by atoms with Crippen LogP contribution in [-0.4, -0.2) is 17.9 Å². The molecule has 4 nitrogen and oxygen atoms in total. The molecule has 0 radical (unpaired) electrons. The van der Waals surface area contributed by atoms with Gasteiger partial charge in [0.05, 0.1) is 0 Å². The summed E-state index contributed by atoms with van der Waals surface area (Å²) in [5, 5.41) is 2.76. The van der Waals surface area contributed by atoms with Crippen LogP contribution in [0.2, 0.25) is 0 Å². The van der Waals surface area contributed by atoms with Crippen LogP contribution in [0.25, 0.3) is 0 Å². The van der Waals surface area contributed by atoms with Crippen LogP contribution >= 0.6 is 0 Å². The number of unbranched alkanes of at least 4 members (excludes halogenated alkanes) is 4. The van der Waals surface area contributed by atoms with E-state index in [0.29, 0.717) is 12.0 Å². The third kappa shape index (κ3) is 7.13. The van der Waals surface area contributed by atoms with Gasteiger partial charge in [-0.05, 0) is 45.2 Å². The average molecular weight is 316 g/mol. The SMILES string of the molecule is C=CCCCCCC[C@@H](NC(=O)c1cc(C)cc(C)c1)C(N)=O. The molecule has 0 spiro atoms. The zero-order valence-corrected chi connectivity index (χ0v) is 14.2. The van der Waals surface area contributed by atoms with E-state index in [1.165, 1.54) is 0 Å². The van der Waals surface area contributed by atoms with Crippen LogP contribution < -0.4 is 11.1 Å². The molecule has 0 aliphatic heterocycles. The molecule has 0 aliphatic rings. The zero-order chi connectivity index (χ0) is 17.2. The van der Waals surface area contributed by atoms with Crippen molar-refractivity contribution >= 4 is 11.8 Å². The summed E-state index contributed by atoms with van der Waals surface area (Å²) in [6.07, 6.45) is 7.62. The second-order valence-corrected chi connectivity index (χ2v) is 6.09. The fraction of sp³-hybridized carbons (Fsp3) is 0.474. The average Bonchev–Trinajstić information content (AvgIpc) is 2.48. The van der Waals surface area contributed by atoms with Crippen molar-refractivity contribution in [2.24, 2.45) is 5.73 Å². The molecule has 0 aliphatic carbocycles. The number of nitrogens with one attached hydrogen (secondary N) is 1. The molecular formula is C19H28N2O2. The molecule has 23 heavy (non-hydrogen) atoms. The van der Waals surface area contributed by atoms with Gasteiger partial charge in [-0.3, -0.25) is 9.59 Å². The molecule has 0 bridgehead atoms. The maximum atomic E-state index is 12.3. The van der Waals surface area contributed by atoms with Crippen molar-refractivity contribution in [3.05, 3.63) is 47.5 Å². The highest BCUT2D eigenvalue weighted by Gasteiger charge is 2.18. The Kier molecular flexibility index (Phi) is 8.09. The Hall–Kier alpha value is -2.10. The van der Waals surface area contributed by atoms with Gasteiger partial charge in [0.1, 0.15) is 6.04 Å². The van der Waals surface area contributed by atoms with Gasteiger partial charge in [-0.2, -0.15) is 0 Å². The Morgan fingerprint density at radius 2 is 1.74 bits per heavy atom. The van der Waals surface area contributed by atoms with Gasteiger partial charge in [0, 0.05) is 5.56 Å². The van der Waals surface area contributed by atoms with E-state index < -0.39 is 11.9 Å². The lowest BCUT2D eigenvalue weighted by Crippen LogP contribution is -2.44. The molecular weight excluding hydrogens is 288 g/mol. The van der Waals surface area contributed by atoms with E-state index in [-0.39, 0.29) is 5.91 Å². The standard InChI is InChI=1S/C19H28N2O2/c1-4-5-6-7-8-9-10-17(18(20)22)21-19(23)16-12-14(2)11-15(3)13-16/h4,11-13,17H,1,5-10H2,2-3H3,(H2,20,22)(H,21,23)/t17-/m1/s1. The molecule has 126 valence electrons. The summed E-state index contributed by atoms with van der Waals surface area (Å²) in [6.45, 7) is 7.58. The molecule has 1 aromatic rings. The molecule has 0 unspecified atom stereocenters. The lowest BCUT2D eigenvalue weighted by molar-refractivity contribution is -0.120. The van der Waals surface area contributed by atoms with Gasteiger partial charge in [0.2, 0.25) is 5.91 Å². The molecule has 1 aromatic carbocycles. The minimum absolute atomic E-state index is 0.243. The summed E-state index contributed by atoms with van der Waals surface area (Å²) in [5.74, 6) is -0.721. The van der Waals surface area contributed by atoms with E-state index in [1.54, 1.807) is 0 Å². The number of hydrogen-bond donors (Lipinski definition) is 2. The topological polar surface area (TPSA) is 72.2 Å². The van der Waals surface area contributed by atoms with Gasteiger partial charge in [-0.25, -0.2) is 0 Å². The van der Waals surface area contributed by atoms with Gasteiger partial charge < -0.3 is 11.1 Å². The number of rotatable bonds is 10. The van der Waals surface area contributed by atoms with Crippen molar-refractivity contribution in [3.63, 3.8) is 0 Å². The normalized spacial score (nSPS) is 11.7. The van der Waals surface area contributed by atoms with E-state index in [4.69, 9.17) is 5.73 Å². The highest BCUT2D eigenvalue weighted by atomic mass is 16.2. The van der Waals surface area contributed by atoms with Crippen molar-refractivity contribution in [1.29, 1.82) is 0 Å². The van der Waals surface area contributed by atoms with Crippen molar-refractivity contribution in [1.82, 2.24) is 5.32 Å². The smallest absolute Gasteiger partial charge is 0.251 e. The van der Waals surface area contributed by atoms with Crippen molar-refractivity contribution < 1.29 is 9.59 Å². The first-order valence-corrected chi connectivity index (χ1v) is 8.23. The number of amides is 2. The first kappa shape index (κ1) is 18.9. The maximum absolute atomic E-state index is 12.3. The van der Waals surface area contributed by atoms with Crippen LogP contribution in [0.3, 0.4) is 0 Å². The molecule has 0 saturated carbocycles. The van der Waals surface area contributed by atoms with E-state index in [1.807, 2.05) is 38.1 Å². The van der Waals surface area contributed by atoms with Crippen molar-refractivity contribution in [3.8, 4) is 0 Å². The van der Waals surface area contributed by atoms with E-state index in [9.17, 15) is 9.59 Å². The Labute approximate surface area is 139 Å². The number of carbonyl (C=O) groups is 2. The van der Waals surface area contributed by atoms with Gasteiger partial charge in [0.25, 0.3) is 5.91 Å². The molecule has 2 amide bonds. The Morgan fingerprint density at radius 1 is 1.13 bits per heavy atom. The Balaban J connectivity index is 2.53. The number of carbonyl (C=O) groups excluding carboxylic acids is 2. The molecule has 0 fully saturated rings. The molecule has 0 aromatic heterocycles. The largest absolute Gasteiger partial charge is 0.368 e. The number of hydrogen-bond acceptors (Lipinski definition) is 2. The number of aryl methyl sites for hydroxylation is 2. The van der Waals surface area contributed by atoms with Crippen LogP contribution in [0.5, 0.6) is 0 Å². The minimum atomic E-state index is -0.609.